The van der Waals surface area contributed by atoms with Crippen molar-refractivity contribution in [3.63, 3.8) is 0 Å². The van der Waals surface area contributed by atoms with Gasteiger partial charge in [0.05, 0.1) is 17.0 Å². The van der Waals surface area contributed by atoms with Gasteiger partial charge in [-0.1, -0.05) is 30.3 Å². The molecule has 0 spiro atoms. The van der Waals surface area contributed by atoms with E-state index in [1.165, 1.54) is 11.8 Å². The molecule has 0 saturated heterocycles. The third kappa shape index (κ3) is 4.10. The summed E-state index contributed by atoms with van der Waals surface area (Å²) in [5, 5.41) is 11.9. The molecule has 0 bridgehead atoms. The number of carbonyl (C=O) groups excluding carboxylic acids is 1. The summed E-state index contributed by atoms with van der Waals surface area (Å²) in [5.74, 6) is -1.03. The second kappa shape index (κ2) is 6.95. The summed E-state index contributed by atoms with van der Waals surface area (Å²) >= 11 is 1.41. The average molecular weight is 301 g/mol. The quantitative estimate of drug-likeness (QED) is 0.830. The van der Waals surface area contributed by atoms with Crippen LogP contribution < -0.4 is 5.32 Å². The highest BCUT2D eigenvalue weighted by atomic mass is 32.2. The maximum atomic E-state index is 11.9. The number of aryl methyl sites for hydroxylation is 1. The van der Waals surface area contributed by atoms with E-state index in [0.29, 0.717) is 11.3 Å². The van der Waals surface area contributed by atoms with Gasteiger partial charge in [-0.3, -0.25) is 4.79 Å². The van der Waals surface area contributed by atoms with Crippen LogP contribution in [0.2, 0.25) is 0 Å². The van der Waals surface area contributed by atoms with Gasteiger partial charge in [0.25, 0.3) is 0 Å². The number of aromatic carboxylic acids is 1. The van der Waals surface area contributed by atoms with Crippen LogP contribution in [0.4, 0.5) is 5.69 Å². The number of carbonyl (C=O) groups is 2. The van der Waals surface area contributed by atoms with Gasteiger partial charge in [0.1, 0.15) is 0 Å². The van der Waals surface area contributed by atoms with Gasteiger partial charge in [0.2, 0.25) is 5.91 Å². The zero-order chi connectivity index (χ0) is 15.2. The molecule has 0 radical (unpaired) electrons. The van der Waals surface area contributed by atoms with Crippen molar-refractivity contribution in [1.82, 2.24) is 0 Å². The fourth-order valence-corrected chi connectivity index (χ4v) is 2.63. The number of benzene rings is 2. The van der Waals surface area contributed by atoms with Crippen molar-refractivity contribution < 1.29 is 14.7 Å². The zero-order valence-corrected chi connectivity index (χ0v) is 12.3. The fraction of sp³-hybridized carbons (Fsp3) is 0.125. The third-order valence-electron chi connectivity index (χ3n) is 2.87. The number of amides is 1. The minimum absolute atomic E-state index is 0.135. The SMILES string of the molecule is Cc1cccc(NC(=O)CSc2ccccc2)c1C(=O)O. The lowest BCUT2D eigenvalue weighted by Crippen LogP contribution is -2.17. The lowest BCUT2D eigenvalue weighted by Gasteiger charge is -2.10. The summed E-state index contributed by atoms with van der Waals surface area (Å²) in [7, 11) is 0. The number of carboxylic acids is 1. The van der Waals surface area contributed by atoms with Crippen LogP contribution in [0.15, 0.2) is 53.4 Å². The molecule has 0 fully saturated rings. The van der Waals surface area contributed by atoms with Crippen LogP contribution in [0.3, 0.4) is 0 Å². The van der Waals surface area contributed by atoms with Crippen LogP contribution in [0.25, 0.3) is 0 Å². The van der Waals surface area contributed by atoms with Crippen molar-refractivity contribution in [2.45, 2.75) is 11.8 Å². The van der Waals surface area contributed by atoms with Gasteiger partial charge in [-0.25, -0.2) is 4.79 Å². The summed E-state index contributed by atoms with van der Waals surface area (Å²) in [4.78, 5) is 24.2. The fourth-order valence-electron chi connectivity index (χ4n) is 1.91. The molecule has 2 aromatic carbocycles. The molecule has 0 heterocycles. The standard InChI is InChI=1S/C16H15NO3S/c1-11-6-5-9-13(15(11)16(19)20)17-14(18)10-21-12-7-3-2-4-8-12/h2-9H,10H2,1H3,(H,17,18)(H,19,20). The Morgan fingerprint density at radius 1 is 1.10 bits per heavy atom. The first-order valence-electron chi connectivity index (χ1n) is 6.38. The Morgan fingerprint density at radius 3 is 2.48 bits per heavy atom. The molecule has 0 unspecified atom stereocenters. The van der Waals surface area contributed by atoms with Crippen molar-refractivity contribution >= 4 is 29.3 Å². The summed E-state index contributed by atoms with van der Waals surface area (Å²) < 4.78 is 0. The normalized spacial score (nSPS) is 10.1. The molecule has 21 heavy (non-hydrogen) atoms. The van der Waals surface area contributed by atoms with Crippen molar-refractivity contribution in [2.75, 3.05) is 11.1 Å². The van der Waals surface area contributed by atoms with Crippen molar-refractivity contribution in [3.8, 4) is 0 Å². The molecule has 0 aromatic heterocycles. The van der Waals surface area contributed by atoms with E-state index >= 15 is 0 Å². The predicted molar refractivity (Wildman–Crippen MR) is 83.9 cm³/mol. The Balaban J connectivity index is 2.03. The van der Waals surface area contributed by atoms with E-state index in [9.17, 15) is 14.7 Å². The highest BCUT2D eigenvalue weighted by molar-refractivity contribution is 8.00. The smallest absolute Gasteiger partial charge is 0.338 e. The number of hydrogen-bond donors (Lipinski definition) is 2. The Hall–Kier alpha value is -2.27. The molecular formula is C16H15NO3S. The van der Waals surface area contributed by atoms with Crippen molar-refractivity contribution in [2.24, 2.45) is 0 Å². The van der Waals surface area contributed by atoms with Gasteiger partial charge in [0.15, 0.2) is 0 Å². The predicted octanol–water partition coefficient (Wildman–Crippen LogP) is 3.42. The highest BCUT2D eigenvalue weighted by Gasteiger charge is 2.14. The maximum Gasteiger partial charge on any atom is 0.338 e. The lowest BCUT2D eigenvalue weighted by molar-refractivity contribution is -0.113. The Kier molecular flexibility index (Phi) is 5.00. The molecule has 0 aliphatic rings. The number of nitrogens with one attached hydrogen (secondary N) is 1. The van der Waals surface area contributed by atoms with Gasteiger partial charge in [-0.05, 0) is 30.7 Å². The van der Waals surface area contributed by atoms with E-state index in [1.807, 2.05) is 30.3 Å². The Bertz CT molecular complexity index is 656. The molecular weight excluding hydrogens is 286 g/mol. The van der Waals surface area contributed by atoms with Crippen LogP contribution >= 0.6 is 11.8 Å². The second-order valence-electron chi connectivity index (χ2n) is 4.45. The van der Waals surface area contributed by atoms with Crippen LogP contribution in [-0.4, -0.2) is 22.7 Å². The number of anilines is 1. The summed E-state index contributed by atoms with van der Waals surface area (Å²) in [6.07, 6.45) is 0. The minimum Gasteiger partial charge on any atom is -0.478 e. The monoisotopic (exact) mass is 301 g/mol. The molecule has 2 N–H and O–H groups in total. The molecule has 4 nitrogen and oxygen atoms in total. The van der Waals surface area contributed by atoms with E-state index in [4.69, 9.17) is 0 Å². The maximum absolute atomic E-state index is 11.9. The minimum atomic E-state index is -1.04. The topological polar surface area (TPSA) is 66.4 Å². The molecule has 108 valence electrons. The van der Waals surface area contributed by atoms with E-state index in [-0.39, 0.29) is 17.2 Å². The molecule has 0 saturated carbocycles. The lowest BCUT2D eigenvalue weighted by atomic mass is 10.1. The first-order valence-corrected chi connectivity index (χ1v) is 7.37. The Labute approximate surface area is 127 Å². The van der Waals surface area contributed by atoms with Crippen LogP contribution in [0.1, 0.15) is 15.9 Å². The van der Waals surface area contributed by atoms with Crippen LogP contribution in [0, 0.1) is 6.92 Å². The molecule has 2 rings (SSSR count). The summed E-state index contributed by atoms with van der Waals surface area (Å²) in [6, 6.07) is 14.6. The van der Waals surface area contributed by atoms with Gasteiger partial charge in [-0.15, -0.1) is 11.8 Å². The molecule has 0 atom stereocenters. The zero-order valence-electron chi connectivity index (χ0n) is 11.5. The molecule has 5 heteroatoms. The second-order valence-corrected chi connectivity index (χ2v) is 5.50. The van der Waals surface area contributed by atoms with Crippen molar-refractivity contribution in [1.29, 1.82) is 0 Å². The molecule has 0 aliphatic carbocycles. The van der Waals surface area contributed by atoms with Crippen LogP contribution in [0.5, 0.6) is 0 Å². The van der Waals surface area contributed by atoms with E-state index in [1.54, 1.807) is 25.1 Å². The average Bonchev–Trinajstić information content (AvgIpc) is 2.46. The van der Waals surface area contributed by atoms with Gasteiger partial charge in [-0.2, -0.15) is 0 Å². The highest BCUT2D eigenvalue weighted by Crippen LogP contribution is 2.21. The molecule has 1 amide bonds. The molecule has 0 aliphatic heterocycles. The van der Waals surface area contributed by atoms with E-state index < -0.39 is 5.97 Å². The molecule has 2 aromatic rings. The summed E-state index contributed by atoms with van der Waals surface area (Å²) in [5.41, 5.74) is 1.09. The summed E-state index contributed by atoms with van der Waals surface area (Å²) in [6.45, 7) is 1.71. The number of carboxylic acid groups (broad SMARTS) is 1. The van der Waals surface area contributed by atoms with Gasteiger partial charge in [0, 0.05) is 4.90 Å². The number of rotatable bonds is 5. The number of hydrogen-bond acceptors (Lipinski definition) is 3. The first-order chi connectivity index (χ1) is 10.1. The Morgan fingerprint density at radius 2 is 1.81 bits per heavy atom. The first kappa shape index (κ1) is 15.1. The van der Waals surface area contributed by atoms with Crippen LogP contribution in [-0.2, 0) is 4.79 Å². The van der Waals surface area contributed by atoms with Gasteiger partial charge >= 0.3 is 5.97 Å². The van der Waals surface area contributed by atoms with Gasteiger partial charge < -0.3 is 10.4 Å². The van der Waals surface area contributed by atoms with E-state index in [2.05, 4.69) is 5.32 Å². The van der Waals surface area contributed by atoms with E-state index in [0.717, 1.165) is 4.90 Å². The largest absolute Gasteiger partial charge is 0.478 e. The number of thioether (sulfide) groups is 1. The van der Waals surface area contributed by atoms with Crippen molar-refractivity contribution in [3.05, 3.63) is 59.7 Å². The third-order valence-corrected chi connectivity index (χ3v) is 3.89.